The van der Waals surface area contributed by atoms with Gasteiger partial charge in [-0.05, 0) is 75.1 Å². The van der Waals surface area contributed by atoms with Crippen LogP contribution < -0.4 is 16.4 Å². The van der Waals surface area contributed by atoms with E-state index < -0.39 is 41.4 Å². The standard InChI is InChI=1S/C40H49FN6O5/c1-5-7-11-28(6-2)24-34(38(50)46-21-18-31(19-22-46)36(48)30-14-16-32(41)17-15-30)47-23-20-35(43-27-47)45-37(49)33(44-39(51)40(3,4)42)26-52-25-29-12-9-8-10-13-29/h5-17,20,23,27,31,33-35H,1,18-19,21-22,24-26,42H2,2-4H3,(H,44,51)(H,45,49)/b11-7-,28-6+. The molecule has 52 heavy (non-hydrogen) atoms. The zero-order valence-electron chi connectivity index (χ0n) is 30.0. The lowest BCUT2D eigenvalue weighted by Gasteiger charge is -2.37. The smallest absolute Gasteiger partial charge is 0.246 e. The van der Waals surface area contributed by atoms with Gasteiger partial charge in [0.05, 0.1) is 25.1 Å². The number of carbonyl (C=O) groups excluding carboxylic acids is 4. The highest BCUT2D eigenvalue weighted by Gasteiger charge is 2.34. The number of rotatable bonds is 16. The van der Waals surface area contributed by atoms with Gasteiger partial charge in [0.15, 0.2) is 5.78 Å². The summed E-state index contributed by atoms with van der Waals surface area (Å²) in [6, 6.07) is 13.3. The molecule has 0 aromatic heterocycles. The molecule has 2 aliphatic rings. The normalized spacial score (nSPS) is 17.9. The van der Waals surface area contributed by atoms with Crippen molar-refractivity contribution in [2.45, 2.75) is 70.4 Å². The Balaban J connectivity index is 1.42. The van der Waals surface area contributed by atoms with E-state index in [2.05, 4.69) is 22.2 Å². The Labute approximate surface area is 305 Å². The lowest BCUT2D eigenvalue weighted by atomic mass is 9.88. The second-order valence-electron chi connectivity index (χ2n) is 13.4. The molecule has 1 saturated heterocycles. The van der Waals surface area contributed by atoms with Gasteiger partial charge in [-0.3, -0.25) is 19.2 Å². The van der Waals surface area contributed by atoms with E-state index in [0.717, 1.165) is 11.1 Å². The van der Waals surface area contributed by atoms with Gasteiger partial charge < -0.3 is 30.9 Å². The zero-order chi connectivity index (χ0) is 37.7. The van der Waals surface area contributed by atoms with Crippen LogP contribution in [0.2, 0.25) is 0 Å². The van der Waals surface area contributed by atoms with E-state index in [9.17, 15) is 23.6 Å². The lowest BCUT2D eigenvalue weighted by Crippen LogP contribution is -2.58. The van der Waals surface area contributed by atoms with Crippen LogP contribution in [-0.4, -0.2) is 83.1 Å². The SMILES string of the molecule is C=C/C=C\C(=C/C)CC(C(=O)N1CCC(C(=O)c2ccc(F)cc2)CC1)N1C=CC(NC(=O)C(COCc2ccccc2)NC(=O)C(C)(C)N)N=C1. The van der Waals surface area contributed by atoms with Gasteiger partial charge in [0.25, 0.3) is 0 Å². The molecule has 12 heteroatoms. The molecule has 0 spiro atoms. The van der Waals surface area contributed by atoms with Gasteiger partial charge in [-0.15, -0.1) is 0 Å². The van der Waals surface area contributed by atoms with E-state index in [1.54, 1.807) is 48.1 Å². The van der Waals surface area contributed by atoms with Crippen molar-refractivity contribution in [3.63, 3.8) is 0 Å². The molecule has 2 aromatic carbocycles. The van der Waals surface area contributed by atoms with Crippen LogP contribution in [0.4, 0.5) is 4.39 Å². The van der Waals surface area contributed by atoms with Crippen LogP contribution in [0.1, 0.15) is 56.0 Å². The predicted molar refractivity (Wildman–Crippen MR) is 199 cm³/mol. The summed E-state index contributed by atoms with van der Waals surface area (Å²) in [5.41, 5.74) is 7.05. The molecule has 4 rings (SSSR count). The van der Waals surface area contributed by atoms with Crippen molar-refractivity contribution in [1.82, 2.24) is 20.4 Å². The number of piperidine rings is 1. The maximum absolute atomic E-state index is 14.1. The first-order valence-corrected chi connectivity index (χ1v) is 17.4. The van der Waals surface area contributed by atoms with Crippen LogP contribution >= 0.6 is 0 Å². The molecule has 0 aliphatic carbocycles. The molecule has 2 heterocycles. The summed E-state index contributed by atoms with van der Waals surface area (Å²) in [7, 11) is 0. The molecule has 3 unspecified atom stereocenters. The number of nitrogens with zero attached hydrogens (tertiary/aromatic N) is 3. The van der Waals surface area contributed by atoms with Gasteiger partial charge in [-0.25, -0.2) is 9.38 Å². The maximum atomic E-state index is 14.1. The number of aliphatic imine (C=N–C) groups is 1. The fourth-order valence-electron chi connectivity index (χ4n) is 5.77. The van der Waals surface area contributed by atoms with Gasteiger partial charge in [0.1, 0.15) is 24.1 Å². The van der Waals surface area contributed by atoms with E-state index in [4.69, 9.17) is 10.5 Å². The predicted octanol–water partition coefficient (Wildman–Crippen LogP) is 4.43. The average Bonchev–Trinajstić information content (AvgIpc) is 3.15. The largest absolute Gasteiger partial charge is 0.374 e. The first kappa shape index (κ1) is 39.6. The number of ether oxygens (including phenoxy) is 1. The first-order valence-electron chi connectivity index (χ1n) is 17.4. The number of nitrogens with two attached hydrogens (primary N) is 1. The fourth-order valence-corrected chi connectivity index (χ4v) is 5.77. The summed E-state index contributed by atoms with van der Waals surface area (Å²) in [5.74, 6) is -1.86. The Morgan fingerprint density at radius 1 is 1.10 bits per heavy atom. The molecule has 4 N–H and O–H groups in total. The molecule has 1 fully saturated rings. The summed E-state index contributed by atoms with van der Waals surface area (Å²) in [6.07, 6.45) is 12.8. The highest BCUT2D eigenvalue weighted by Crippen LogP contribution is 2.25. The van der Waals surface area contributed by atoms with Gasteiger partial charge in [-0.1, -0.05) is 61.2 Å². The van der Waals surface area contributed by atoms with Crippen LogP contribution in [0.25, 0.3) is 0 Å². The first-order chi connectivity index (χ1) is 24.9. The third kappa shape index (κ3) is 11.4. The van der Waals surface area contributed by atoms with E-state index in [0.29, 0.717) is 37.9 Å². The van der Waals surface area contributed by atoms with Crippen molar-refractivity contribution in [2.24, 2.45) is 16.6 Å². The van der Waals surface area contributed by atoms with E-state index in [1.165, 1.54) is 30.6 Å². The number of likely N-dealkylation sites (tertiary alicyclic amines) is 1. The van der Waals surface area contributed by atoms with Crippen molar-refractivity contribution < 1.29 is 28.3 Å². The van der Waals surface area contributed by atoms with E-state index in [-0.39, 0.29) is 30.8 Å². The molecular weight excluding hydrogens is 663 g/mol. The van der Waals surface area contributed by atoms with E-state index >= 15 is 0 Å². The molecule has 276 valence electrons. The molecule has 3 amide bonds. The number of amides is 3. The molecule has 0 radical (unpaired) electrons. The molecule has 2 aliphatic heterocycles. The molecular formula is C40H49FN6O5. The fraction of sp³-hybridized carbons (Fsp3) is 0.375. The lowest BCUT2D eigenvalue weighted by molar-refractivity contribution is -0.136. The monoisotopic (exact) mass is 712 g/mol. The minimum absolute atomic E-state index is 0.0510. The molecule has 0 bridgehead atoms. The van der Waals surface area contributed by atoms with Crippen molar-refractivity contribution in [3.05, 3.63) is 120 Å². The van der Waals surface area contributed by atoms with Crippen LogP contribution in [0.3, 0.4) is 0 Å². The number of carbonyl (C=O) groups is 4. The van der Waals surface area contributed by atoms with Crippen molar-refractivity contribution in [1.29, 1.82) is 0 Å². The van der Waals surface area contributed by atoms with Crippen molar-refractivity contribution >= 4 is 29.8 Å². The number of ketones is 1. The third-order valence-corrected chi connectivity index (χ3v) is 8.89. The highest BCUT2D eigenvalue weighted by atomic mass is 19.1. The Morgan fingerprint density at radius 2 is 1.79 bits per heavy atom. The number of nitrogens with one attached hydrogen (secondary N) is 2. The molecule has 3 atom stereocenters. The number of Topliss-reactive ketones (excluding diaryl/α,β-unsaturated/α-hetero) is 1. The van der Waals surface area contributed by atoms with Crippen LogP contribution in [-0.2, 0) is 25.7 Å². The van der Waals surface area contributed by atoms with Crippen LogP contribution in [0.15, 0.2) is 108 Å². The van der Waals surface area contributed by atoms with Gasteiger partial charge in [0.2, 0.25) is 17.7 Å². The number of benzene rings is 2. The summed E-state index contributed by atoms with van der Waals surface area (Å²) in [4.78, 5) is 61.3. The van der Waals surface area contributed by atoms with Crippen LogP contribution in [0, 0.1) is 11.7 Å². The minimum Gasteiger partial charge on any atom is -0.374 e. The number of halogens is 1. The number of hydrogen-bond acceptors (Lipinski definition) is 8. The number of allylic oxidation sites excluding steroid dienone is 4. The minimum atomic E-state index is -1.22. The Morgan fingerprint density at radius 3 is 2.38 bits per heavy atom. The zero-order valence-corrected chi connectivity index (χ0v) is 30.0. The summed E-state index contributed by atoms with van der Waals surface area (Å²) >= 11 is 0. The molecule has 11 nitrogen and oxygen atoms in total. The topological polar surface area (TPSA) is 146 Å². The Kier molecular flexibility index (Phi) is 14.4. The van der Waals surface area contributed by atoms with Gasteiger partial charge >= 0.3 is 0 Å². The summed E-state index contributed by atoms with van der Waals surface area (Å²) < 4.78 is 19.2. The maximum Gasteiger partial charge on any atom is 0.246 e. The summed E-state index contributed by atoms with van der Waals surface area (Å²) in [6.45, 7) is 9.68. The van der Waals surface area contributed by atoms with Gasteiger partial charge in [0, 0.05) is 37.2 Å². The van der Waals surface area contributed by atoms with Crippen molar-refractivity contribution in [2.75, 3.05) is 19.7 Å². The molecule has 0 saturated carbocycles. The third-order valence-electron chi connectivity index (χ3n) is 8.89. The van der Waals surface area contributed by atoms with Crippen LogP contribution in [0.5, 0.6) is 0 Å². The average molecular weight is 713 g/mol. The summed E-state index contributed by atoms with van der Waals surface area (Å²) in [5, 5.41) is 5.50. The second-order valence-corrected chi connectivity index (χ2v) is 13.4. The highest BCUT2D eigenvalue weighted by molar-refractivity contribution is 5.98. The second kappa shape index (κ2) is 18.9. The van der Waals surface area contributed by atoms with E-state index in [1.807, 2.05) is 49.4 Å². The van der Waals surface area contributed by atoms with Gasteiger partial charge in [-0.2, -0.15) is 0 Å². The van der Waals surface area contributed by atoms with Crippen molar-refractivity contribution in [3.8, 4) is 0 Å². The number of hydrogen-bond donors (Lipinski definition) is 3. The Bertz CT molecular complexity index is 1660. The Hall–Kier alpha value is -5.20. The molecule has 2 aromatic rings. The quantitative estimate of drug-likeness (QED) is 0.172.